The number of ether oxygens (including phenoxy) is 2. The average molecular weight is 383 g/mol. The van der Waals surface area contributed by atoms with Crippen LogP contribution >= 0.6 is 18.9 Å². The summed E-state index contributed by atoms with van der Waals surface area (Å²) in [7, 11) is 1.89. The molecule has 2 saturated carbocycles. The Kier molecular flexibility index (Phi) is 6.92. The van der Waals surface area contributed by atoms with Gasteiger partial charge in [0, 0.05) is 17.4 Å². The summed E-state index contributed by atoms with van der Waals surface area (Å²) in [6.45, 7) is 0. The fourth-order valence-corrected chi connectivity index (χ4v) is 11.4. The van der Waals surface area contributed by atoms with Crippen LogP contribution in [-0.4, -0.2) is 25.5 Å². The van der Waals surface area contributed by atoms with Gasteiger partial charge in [-0.2, -0.15) is 0 Å². The number of benzene rings is 1. The quantitative estimate of drug-likeness (QED) is 0.420. The minimum Gasteiger partial charge on any atom is -0.497 e. The van der Waals surface area contributed by atoms with Crippen LogP contribution in [0.4, 0.5) is 0 Å². The maximum atomic E-state index is 6.77. The van der Waals surface area contributed by atoms with Gasteiger partial charge < -0.3 is 21.1 Å². The molecule has 2 aliphatic rings. The van der Waals surface area contributed by atoms with Gasteiger partial charge in [0.2, 0.25) is 0 Å². The highest BCUT2D eigenvalue weighted by Crippen LogP contribution is 2.75. The first-order chi connectivity index (χ1) is 12.3. The van der Waals surface area contributed by atoms with Crippen molar-refractivity contribution in [2.24, 2.45) is 0 Å². The van der Waals surface area contributed by atoms with Crippen LogP contribution in [0.15, 0.2) is 18.2 Å². The van der Waals surface area contributed by atoms with Crippen LogP contribution in [-0.2, 0) is 0 Å². The Morgan fingerprint density at radius 3 is 1.88 bits per heavy atom. The van der Waals surface area contributed by atoms with Gasteiger partial charge >= 0.3 is 0 Å². The largest absolute Gasteiger partial charge is 0.497 e. The zero-order valence-electron chi connectivity index (χ0n) is 15.7. The lowest BCUT2D eigenvalue weighted by molar-refractivity contribution is 0.396. The van der Waals surface area contributed by atoms with E-state index in [1.54, 1.807) is 14.2 Å². The van der Waals surface area contributed by atoms with Crippen LogP contribution in [0.3, 0.4) is 0 Å². The molecular weight excluding hydrogens is 351 g/mol. The summed E-state index contributed by atoms with van der Waals surface area (Å²) in [5.41, 5.74) is 3.58. The number of hydrogen-bond acceptors (Lipinski definition) is 2. The Morgan fingerprint density at radius 1 is 0.880 bits per heavy atom. The molecule has 140 valence electrons. The molecule has 0 atom stereocenters. The molecule has 0 spiro atoms. The summed E-state index contributed by atoms with van der Waals surface area (Å²) >= 11 is 6.77. The van der Waals surface area contributed by atoms with E-state index < -0.39 is 7.26 Å². The van der Waals surface area contributed by atoms with Gasteiger partial charge in [0.25, 0.3) is 0 Å². The molecule has 2 nitrogen and oxygen atoms in total. The van der Waals surface area contributed by atoms with Gasteiger partial charge in [0.1, 0.15) is 11.1 Å². The zero-order chi connectivity index (χ0) is 17.7. The van der Waals surface area contributed by atoms with E-state index in [9.17, 15) is 0 Å². The molecule has 3 rings (SSSR count). The maximum Gasteiger partial charge on any atom is 0.161 e. The molecule has 0 saturated heterocycles. The second kappa shape index (κ2) is 8.96. The smallest absolute Gasteiger partial charge is 0.161 e. The summed E-state index contributed by atoms with van der Waals surface area (Å²) in [5.74, 6) is 1.83. The van der Waals surface area contributed by atoms with Crippen molar-refractivity contribution in [2.75, 3.05) is 14.2 Å². The van der Waals surface area contributed by atoms with Gasteiger partial charge in [-0.15, -0.1) is 0 Å². The van der Waals surface area contributed by atoms with Crippen LogP contribution in [0.1, 0.15) is 64.2 Å². The molecular formula is C21H32ClO2P. The standard InChI is InChI=1S/C21H32ClO2P/c1-23-17-13-14-21(20(15-17)24-2)25(16-22,18-9-5-3-6-10-18)19-11-7-4-8-12-19/h13-16,18-19H,3-12H2,1-2H3. The van der Waals surface area contributed by atoms with Crippen molar-refractivity contribution < 1.29 is 9.47 Å². The Morgan fingerprint density at radius 2 is 1.44 bits per heavy atom. The van der Waals surface area contributed by atoms with Crippen LogP contribution in [0.2, 0.25) is 0 Å². The highest BCUT2D eigenvalue weighted by Gasteiger charge is 2.48. The van der Waals surface area contributed by atoms with Crippen molar-refractivity contribution in [1.82, 2.24) is 0 Å². The molecule has 0 aliphatic heterocycles. The lowest BCUT2D eigenvalue weighted by Gasteiger charge is -2.48. The zero-order valence-corrected chi connectivity index (χ0v) is 17.3. The fraction of sp³-hybridized carbons (Fsp3) is 0.667. The number of rotatable bonds is 6. The van der Waals surface area contributed by atoms with Crippen molar-refractivity contribution in [3.63, 3.8) is 0 Å². The van der Waals surface area contributed by atoms with E-state index in [1.807, 2.05) is 0 Å². The molecule has 0 amide bonds. The molecule has 2 aliphatic carbocycles. The fourth-order valence-electron chi connectivity index (χ4n) is 5.02. The minimum absolute atomic E-state index is 0.726. The average Bonchev–Trinajstić information content (AvgIpc) is 2.71. The van der Waals surface area contributed by atoms with Gasteiger partial charge in [-0.05, 0) is 63.5 Å². The molecule has 25 heavy (non-hydrogen) atoms. The predicted molar refractivity (Wildman–Crippen MR) is 110 cm³/mol. The lowest BCUT2D eigenvalue weighted by Crippen LogP contribution is -2.34. The van der Waals surface area contributed by atoms with E-state index >= 15 is 0 Å². The van der Waals surface area contributed by atoms with Crippen LogP contribution in [0, 0.1) is 5.62 Å². The van der Waals surface area contributed by atoms with Crippen molar-refractivity contribution in [2.45, 2.75) is 75.5 Å². The molecule has 0 aromatic heterocycles. The van der Waals surface area contributed by atoms with E-state index in [0.717, 1.165) is 22.8 Å². The first kappa shape index (κ1) is 19.3. The van der Waals surface area contributed by atoms with Crippen molar-refractivity contribution in [1.29, 1.82) is 0 Å². The monoisotopic (exact) mass is 382 g/mol. The normalized spacial score (nSPS) is 20.4. The van der Waals surface area contributed by atoms with E-state index in [2.05, 4.69) is 23.8 Å². The maximum absolute atomic E-state index is 6.77. The van der Waals surface area contributed by atoms with Gasteiger partial charge in [0.15, 0.2) is 5.75 Å². The first-order valence-corrected chi connectivity index (χ1v) is 12.2. The topological polar surface area (TPSA) is 18.5 Å². The van der Waals surface area contributed by atoms with Gasteiger partial charge in [-0.1, -0.05) is 25.7 Å². The summed E-state index contributed by atoms with van der Waals surface area (Å²) in [4.78, 5) is 0. The molecule has 1 aromatic rings. The Balaban J connectivity index is 2.08. The van der Waals surface area contributed by atoms with E-state index in [-0.39, 0.29) is 0 Å². The number of methoxy groups -OCH3 is 2. The lowest BCUT2D eigenvalue weighted by atomic mass is 9.99. The highest BCUT2D eigenvalue weighted by molar-refractivity contribution is 7.87. The van der Waals surface area contributed by atoms with Crippen LogP contribution < -0.4 is 14.8 Å². The Hall–Kier alpha value is -0.460. The molecule has 0 N–H and O–H groups in total. The van der Waals surface area contributed by atoms with Gasteiger partial charge in [0.05, 0.1) is 14.2 Å². The van der Waals surface area contributed by atoms with Crippen molar-refractivity contribution >= 4 is 24.2 Å². The van der Waals surface area contributed by atoms with Gasteiger partial charge in [-0.3, -0.25) is 0 Å². The molecule has 1 aromatic carbocycles. The van der Waals surface area contributed by atoms with E-state index in [4.69, 9.17) is 21.1 Å². The van der Waals surface area contributed by atoms with E-state index in [1.165, 1.54) is 69.5 Å². The summed E-state index contributed by atoms with van der Waals surface area (Å²) in [6.07, 6.45) is 13.4. The number of hydrogen-bond donors (Lipinski definition) is 0. The summed E-state index contributed by atoms with van der Waals surface area (Å²) in [6, 6.07) is 6.41. The first-order valence-electron chi connectivity index (χ1n) is 9.81. The number of halogens is 1. The third-order valence-electron chi connectivity index (χ3n) is 6.32. The highest BCUT2D eigenvalue weighted by atomic mass is 35.5. The summed E-state index contributed by atoms with van der Waals surface area (Å²) in [5, 5.41) is 1.38. The minimum atomic E-state index is -1.60. The second-order valence-corrected chi connectivity index (χ2v) is 11.9. The van der Waals surface area contributed by atoms with E-state index in [0.29, 0.717) is 0 Å². The van der Waals surface area contributed by atoms with Crippen molar-refractivity contribution in [3.05, 3.63) is 23.8 Å². The third-order valence-corrected chi connectivity index (χ3v) is 12.3. The Labute approximate surface area is 159 Å². The molecule has 2 fully saturated rings. The molecule has 4 heteroatoms. The molecule has 0 bridgehead atoms. The second-order valence-electron chi connectivity index (χ2n) is 7.55. The molecule has 0 radical (unpaired) electrons. The molecule has 0 heterocycles. The van der Waals surface area contributed by atoms with Crippen molar-refractivity contribution in [3.8, 4) is 11.5 Å². The third kappa shape index (κ3) is 3.81. The molecule has 0 unspecified atom stereocenters. The Bertz CT molecular complexity index is 533. The van der Waals surface area contributed by atoms with Crippen LogP contribution in [0.25, 0.3) is 0 Å². The van der Waals surface area contributed by atoms with Gasteiger partial charge in [-0.25, -0.2) is 0 Å². The predicted octanol–water partition coefficient (Wildman–Crippen LogP) is 6.37. The summed E-state index contributed by atoms with van der Waals surface area (Å²) < 4.78 is 11.3. The SMILES string of the molecule is COc1ccc([P+]([CH-]Cl)(C2CCCCC2)C2CCCCC2)c(OC)c1. The van der Waals surface area contributed by atoms with Crippen LogP contribution in [0.5, 0.6) is 11.5 Å².